The molecule has 0 saturated carbocycles. The molecular weight excluding hydrogens is 230 g/mol. The van der Waals surface area contributed by atoms with Crippen molar-refractivity contribution in [1.29, 1.82) is 0 Å². The molecule has 0 saturated heterocycles. The van der Waals surface area contributed by atoms with Gasteiger partial charge < -0.3 is 4.42 Å². The number of rotatable bonds is 2. The summed E-state index contributed by atoms with van der Waals surface area (Å²) in [7, 11) is 0. The van der Waals surface area contributed by atoms with Gasteiger partial charge in [0.15, 0.2) is 16.6 Å². The van der Waals surface area contributed by atoms with E-state index in [4.69, 9.17) is 16.0 Å². The average Bonchev–Trinajstić information content (AvgIpc) is 2.71. The van der Waals surface area contributed by atoms with Crippen LogP contribution in [0.4, 0.5) is 5.88 Å². The maximum atomic E-state index is 10.3. The van der Waals surface area contributed by atoms with Crippen molar-refractivity contribution >= 4 is 29.2 Å². The fourth-order valence-electron chi connectivity index (χ4n) is 0.878. The van der Waals surface area contributed by atoms with Gasteiger partial charge in [0, 0.05) is 0 Å². The lowest BCUT2D eigenvalue weighted by Gasteiger charge is -1.87. The van der Waals surface area contributed by atoms with Gasteiger partial charge in [0.2, 0.25) is 0 Å². The van der Waals surface area contributed by atoms with Crippen LogP contribution in [0.3, 0.4) is 0 Å². The van der Waals surface area contributed by atoms with Crippen LogP contribution in [-0.4, -0.2) is 13.7 Å². The van der Waals surface area contributed by atoms with Gasteiger partial charge in [-0.3, -0.25) is 10.1 Å². The standard InChI is InChI=1S/C6H2ClN3O3S/c7-6-5(8-14-9-6)3-1-2-4(13-3)10(11)12/h1-2H. The van der Waals surface area contributed by atoms with E-state index in [1.165, 1.54) is 12.1 Å². The number of halogens is 1. The normalized spacial score (nSPS) is 10.4. The predicted molar refractivity (Wildman–Crippen MR) is 49.3 cm³/mol. The van der Waals surface area contributed by atoms with Crippen molar-refractivity contribution in [3.8, 4) is 11.5 Å². The summed E-state index contributed by atoms with van der Waals surface area (Å²) in [6, 6.07) is 2.67. The Morgan fingerprint density at radius 3 is 2.79 bits per heavy atom. The third-order valence-corrected chi connectivity index (χ3v) is 2.35. The molecule has 0 aromatic carbocycles. The van der Waals surface area contributed by atoms with Crippen molar-refractivity contribution in [2.45, 2.75) is 0 Å². The highest BCUT2D eigenvalue weighted by atomic mass is 35.5. The van der Waals surface area contributed by atoms with Crippen molar-refractivity contribution in [3.05, 3.63) is 27.4 Å². The van der Waals surface area contributed by atoms with Gasteiger partial charge in [0.1, 0.15) is 4.92 Å². The highest BCUT2D eigenvalue weighted by molar-refractivity contribution is 6.99. The highest BCUT2D eigenvalue weighted by Gasteiger charge is 2.17. The number of nitro groups is 1. The average molecular weight is 232 g/mol. The van der Waals surface area contributed by atoms with Gasteiger partial charge in [-0.2, -0.15) is 8.75 Å². The van der Waals surface area contributed by atoms with E-state index < -0.39 is 4.92 Å². The second kappa shape index (κ2) is 3.35. The molecule has 8 heteroatoms. The zero-order valence-corrected chi connectivity index (χ0v) is 8.08. The van der Waals surface area contributed by atoms with Crippen LogP contribution in [-0.2, 0) is 0 Å². The molecule has 0 aliphatic rings. The summed E-state index contributed by atoms with van der Waals surface area (Å²) < 4.78 is 12.4. The summed E-state index contributed by atoms with van der Waals surface area (Å²) in [4.78, 5) is 9.69. The van der Waals surface area contributed by atoms with E-state index in [1.54, 1.807) is 0 Å². The predicted octanol–water partition coefficient (Wildman–Crippen LogP) is 2.36. The quantitative estimate of drug-likeness (QED) is 0.585. The van der Waals surface area contributed by atoms with Crippen LogP contribution >= 0.6 is 23.3 Å². The van der Waals surface area contributed by atoms with E-state index in [9.17, 15) is 10.1 Å². The summed E-state index contributed by atoms with van der Waals surface area (Å²) in [5, 5.41) is 10.5. The van der Waals surface area contributed by atoms with Crippen LogP contribution in [0.1, 0.15) is 0 Å². The van der Waals surface area contributed by atoms with E-state index >= 15 is 0 Å². The Bertz CT molecular complexity index is 480. The SMILES string of the molecule is O=[N+]([O-])c1ccc(-c2nsnc2Cl)o1. The molecule has 0 N–H and O–H groups in total. The zero-order chi connectivity index (χ0) is 10.1. The Kier molecular flexibility index (Phi) is 2.18. The van der Waals surface area contributed by atoms with E-state index in [2.05, 4.69) is 8.75 Å². The molecule has 0 atom stereocenters. The maximum absolute atomic E-state index is 10.3. The highest BCUT2D eigenvalue weighted by Crippen LogP contribution is 2.29. The molecule has 2 rings (SSSR count). The molecule has 6 nitrogen and oxygen atoms in total. The smallest absolute Gasteiger partial charge is 0.399 e. The van der Waals surface area contributed by atoms with Crippen molar-refractivity contribution in [2.24, 2.45) is 0 Å². The summed E-state index contributed by atoms with van der Waals surface area (Å²) in [5.41, 5.74) is 0.324. The molecule has 14 heavy (non-hydrogen) atoms. The summed E-state index contributed by atoms with van der Waals surface area (Å²) in [6.07, 6.45) is 0. The van der Waals surface area contributed by atoms with E-state index in [1.807, 2.05) is 0 Å². The number of hydrogen-bond donors (Lipinski definition) is 0. The van der Waals surface area contributed by atoms with E-state index in [-0.39, 0.29) is 16.8 Å². The van der Waals surface area contributed by atoms with Crippen LogP contribution in [0.2, 0.25) is 5.15 Å². The fraction of sp³-hybridized carbons (Fsp3) is 0. The number of aromatic nitrogens is 2. The first-order chi connectivity index (χ1) is 6.68. The van der Waals surface area contributed by atoms with E-state index in [0.29, 0.717) is 5.69 Å². The molecule has 0 radical (unpaired) electrons. The second-order valence-electron chi connectivity index (χ2n) is 2.30. The summed E-state index contributed by atoms with van der Waals surface area (Å²) in [6.45, 7) is 0. The molecule has 0 fully saturated rings. The van der Waals surface area contributed by atoms with Crippen LogP contribution in [0.5, 0.6) is 0 Å². The van der Waals surface area contributed by atoms with Gasteiger partial charge in [-0.25, -0.2) is 0 Å². The molecule has 0 unspecified atom stereocenters. The molecule has 2 aromatic heterocycles. The Balaban J connectivity index is 2.43. The van der Waals surface area contributed by atoms with Gasteiger partial charge in [0.05, 0.1) is 17.8 Å². The molecule has 72 valence electrons. The third-order valence-electron chi connectivity index (χ3n) is 1.45. The number of furan rings is 1. The lowest BCUT2D eigenvalue weighted by Crippen LogP contribution is -1.82. The first-order valence-electron chi connectivity index (χ1n) is 3.41. The fourth-order valence-corrected chi connectivity index (χ4v) is 1.61. The van der Waals surface area contributed by atoms with Gasteiger partial charge in [0.25, 0.3) is 0 Å². The number of nitrogens with zero attached hydrogens (tertiary/aromatic N) is 3. The summed E-state index contributed by atoms with van der Waals surface area (Å²) >= 11 is 6.59. The Morgan fingerprint density at radius 2 is 2.29 bits per heavy atom. The van der Waals surface area contributed by atoms with Crippen molar-refractivity contribution in [3.63, 3.8) is 0 Å². The van der Waals surface area contributed by atoms with Gasteiger partial charge in [-0.05, 0) is 6.07 Å². The Hall–Kier alpha value is -1.47. The minimum atomic E-state index is -0.628. The van der Waals surface area contributed by atoms with Crippen molar-refractivity contribution < 1.29 is 9.34 Å². The zero-order valence-electron chi connectivity index (χ0n) is 6.51. The molecule has 2 heterocycles. The molecule has 2 aromatic rings. The van der Waals surface area contributed by atoms with Crippen LogP contribution in [0.25, 0.3) is 11.5 Å². The van der Waals surface area contributed by atoms with Crippen molar-refractivity contribution in [2.75, 3.05) is 0 Å². The first-order valence-corrected chi connectivity index (χ1v) is 4.52. The third kappa shape index (κ3) is 1.47. The maximum Gasteiger partial charge on any atom is 0.433 e. The van der Waals surface area contributed by atoms with Gasteiger partial charge in [-0.15, -0.1) is 0 Å². The molecule has 0 aliphatic heterocycles. The van der Waals surface area contributed by atoms with E-state index in [0.717, 1.165) is 11.7 Å². The van der Waals surface area contributed by atoms with Crippen molar-refractivity contribution in [1.82, 2.24) is 8.75 Å². The minimum absolute atomic E-state index is 0.180. The molecule has 0 aliphatic carbocycles. The Labute approximate surface area is 86.6 Å². The molecule has 0 amide bonds. The van der Waals surface area contributed by atoms with Gasteiger partial charge in [-0.1, -0.05) is 11.6 Å². The molecule has 0 bridgehead atoms. The van der Waals surface area contributed by atoms with Crippen LogP contribution in [0.15, 0.2) is 16.5 Å². The lowest BCUT2D eigenvalue weighted by atomic mass is 10.4. The van der Waals surface area contributed by atoms with Crippen LogP contribution < -0.4 is 0 Å². The molecular formula is C6H2ClN3O3S. The summed E-state index contributed by atoms with van der Waals surface area (Å²) in [5.74, 6) is -0.0977. The molecule has 0 spiro atoms. The first kappa shape index (κ1) is 9.10. The van der Waals surface area contributed by atoms with Crippen LogP contribution in [0, 0.1) is 10.1 Å². The topological polar surface area (TPSA) is 82.1 Å². The monoisotopic (exact) mass is 231 g/mol. The van der Waals surface area contributed by atoms with Gasteiger partial charge >= 0.3 is 5.88 Å². The largest absolute Gasteiger partial charge is 0.433 e. The second-order valence-corrected chi connectivity index (χ2v) is 3.19. The number of hydrogen-bond acceptors (Lipinski definition) is 6. The Morgan fingerprint density at radius 1 is 1.50 bits per heavy atom. The minimum Gasteiger partial charge on any atom is -0.399 e. The lowest BCUT2D eigenvalue weighted by molar-refractivity contribution is -0.401.